The fourth-order valence-corrected chi connectivity index (χ4v) is 2.06. The lowest BCUT2D eigenvalue weighted by atomic mass is 10.1. The van der Waals surface area contributed by atoms with Crippen molar-refractivity contribution in [2.45, 2.75) is 18.9 Å². The van der Waals surface area contributed by atoms with Crippen LogP contribution in [-0.4, -0.2) is 36.6 Å². The molecule has 0 spiro atoms. The lowest BCUT2D eigenvalue weighted by molar-refractivity contribution is -0.384. The van der Waals surface area contributed by atoms with Gasteiger partial charge in [0.15, 0.2) is 6.61 Å². The third-order valence-corrected chi connectivity index (χ3v) is 3.08. The van der Waals surface area contributed by atoms with Crippen LogP contribution in [-0.2, 0) is 4.79 Å². The number of nitrogens with one attached hydrogen (secondary N) is 2. The maximum atomic E-state index is 11.7. The van der Waals surface area contributed by atoms with E-state index in [0.29, 0.717) is 5.75 Å². The minimum absolute atomic E-state index is 0.00455. The van der Waals surface area contributed by atoms with E-state index in [2.05, 4.69) is 10.6 Å². The summed E-state index contributed by atoms with van der Waals surface area (Å²) in [5.74, 6) is 0.254. The predicted octanol–water partition coefficient (Wildman–Crippen LogP) is 0.842. The standard InChI is InChI=1S/C13H17N3O4/c17-13(15-10-2-1-7-14-8-10)9-20-12-5-3-11(4-6-12)16(18)19/h3-6,10,14H,1-2,7-9H2,(H,15,17). The number of amides is 1. The van der Waals surface area contributed by atoms with Gasteiger partial charge in [-0.25, -0.2) is 0 Å². The minimum Gasteiger partial charge on any atom is -0.484 e. The molecule has 0 saturated carbocycles. The number of non-ortho nitro benzene ring substituents is 1. The Kier molecular flexibility index (Phi) is 4.89. The number of piperidine rings is 1. The summed E-state index contributed by atoms with van der Waals surface area (Å²) in [5.41, 5.74) is -0.00455. The Morgan fingerprint density at radius 2 is 2.20 bits per heavy atom. The summed E-state index contributed by atoms with van der Waals surface area (Å²) < 4.78 is 5.29. The first kappa shape index (κ1) is 14.3. The van der Waals surface area contributed by atoms with Crippen LogP contribution in [0.15, 0.2) is 24.3 Å². The Balaban J connectivity index is 1.76. The van der Waals surface area contributed by atoms with E-state index < -0.39 is 4.92 Å². The van der Waals surface area contributed by atoms with E-state index in [1.54, 1.807) is 0 Å². The van der Waals surface area contributed by atoms with E-state index in [1.165, 1.54) is 24.3 Å². The summed E-state index contributed by atoms with van der Waals surface area (Å²) in [5, 5.41) is 16.6. The summed E-state index contributed by atoms with van der Waals surface area (Å²) in [6.07, 6.45) is 2.02. The topological polar surface area (TPSA) is 93.5 Å². The third-order valence-electron chi connectivity index (χ3n) is 3.08. The average molecular weight is 279 g/mol. The highest BCUT2D eigenvalue weighted by molar-refractivity contribution is 5.77. The van der Waals surface area contributed by atoms with E-state index in [0.717, 1.165) is 25.9 Å². The number of hydrogen-bond acceptors (Lipinski definition) is 5. The monoisotopic (exact) mass is 279 g/mol. The summed E-state index contributed by atoms with van der Waals surface area (Å²) in [4.78, 5) is 21.7. The molecule has 0 radical (unpaired) electrons. The summed E-state index contributed by atoms with van der Waals surface area (Å²) in [6, 6.07) is 5.80. The molecule has 20 heavy (non-hydrogen) atoms. The van der Waals surface area contributed by atoms with Gasteiger partial charge in [-0.1, -0.05) is 0 Å². The highest BCUT2D eigenvalue weighted by Crippen LogP contribution is 2.17. The number of nitro benzene ring substituents is 1. The van der Waals surface area contributed by atoms with Crippen LogP contribution in [0.25, 0.3) is 0 Å². The second kappa shape index (κ2) is 6.85. The zero-order valence-electron chi connectivity index (χ0n) is 11.0. The smallest absolute Gasteiger partial charge is 0.269 e. The first-order valence-corrected chi connectivity index (χ1v) is 6.52. The molecule has 1 heterocycles. The molecule has 2 rings (SSSR count). The SMILES string of the molecule is O=C(COc1ccc([N+](=O)[O-])cc1)NC1CCCNC1. The molecule has 0 aliphatic carbocycles. The lowest BCUT2D eigenvalue weighted by Crippen LogP contribution is -2.46. The Morgan fingerprint density at radius 1 is 1.45 bits per heavy atom. The Hall–Kier alpha value is -2.15. The molecule has 108 valence electrons. The molecule has 1 aromatic carbocycles. The normalized spacial score (nSPS) is 18.3. The highest BCUT2D eigenvalue weighted by Gasteiger charge is 2.15. The zero-order valence-corrected chi connectivity index (χ0v) is 11.0. The molecule has 1 fully saturated rings. The molecular weight excluding hydrogens is 262 g/mol. The number of nitrogens with zero attached hydrogens (tertiary/aromatic N) is 1. The van der Waals surface area contributed by atoms with Gasteiger partial charge in [0.1, 0.15) is 5.75 Å². The molecule has 1 saturated heterocycles. The van der Waals surface area contributed by atoms with Crippen molar-refractivity contribution < 1.29 is 14.5 Å². The summed E-state index contributed by atoms with van der Waals surface area (Å²) in [6.45, 7) is 1.68. The number of hydrogen-bond donors (Lipinski definition) is 2. The van der Waals surface area contributed by atoms with Crippen molar-refractivity contribution in [3.05, 3.63) is 34.4 Å². The fraction of sp³-hybridized carbons (Fsp3) is 0.462. The van der Waals surface area contributed by atoms with Gasteiger partial charge in [-0.2, -0.15) is 0 Å². The molecule has 1 aromatic rings. The maximum Gasteiger partial charge on any atom is 0.269 e. The van der Waals surface area contributed by atoms with Crippen LogP contribution in [0.2, 0.25) is 0 Å². The van der Waals surface area contributed by atoms with Gasteiger partial charge in [0.25, 0.3) is 11.6 Å². The maximum absolute atomic E-state index is 11.7. The molecule has 1 aliphatic heterocycles. The van der Waals surface area contributed by atoms with Crippen LogP contribution in [0.1, 0.15) is 12.8 Å². The molecule has 2 N–H and O–H groups in total. The second-order valence-corrected chi connectivity index (χ2v) is 4.65. The van der Waals surface area contributed by atoms with Crippen molar-refractivity contribution in [1.29, 1.82) is 0 Å². The number of nitro groups is 1. The van der Waals surface area contributed by atoms with Crippen LogP contribution < -0.4 is 15.4 Å². The van der Waals surface area contributed by atoms with Crippen molar-refractivity contribution in [3.63, 3.8) is 0 Å². The van der Waals surface area contributed by atoms with Gasteiger partial charge in [-0.05, 0) is 31.5 Å². The number of carbonyl (C=O) groups is 1. The molecule has 1 atom stereocenters. The molecule has 1 aliphatic rings. The summed E-state index contributed by atoms with van der Waals surface area (Å²) >= 11 is 0. The number of carbonyl (C=O) groups excluding carboxylic acids is 1. The van der Waals surface area contributed by atoms with Gasteiger partial charge in [0.2, 0.25) is 0 Å². The lowest BCUT2D eigenvalue weighted by Gasteiger charge is -2.23. The van der Waals surface area contributed by atoms with Crippen LogP contribution in [0, 0.1) is 10.1 Å². The van der Waals surface area contributed by atoms with Gasteiger partial charge in [0.05, 0.1) is 4.92 Å². The minimum atomic E-state index is -0.480. The molecule has 1 unspecified atom stereocenters. The number of ether oxygens (including phenoxy) is 1. The van der Waals surface area contributed by atoms with E-state index >= 15 is 0 Å². The number of benzene rings is 1. The second-order valence-electron chi connectivity index (χ2n) is 4.65. The van der Waals surface area contributed by atoms with Crippen LogP contribution in [0.3, 0.4) is 0 Å². The molecule has 7 heteroatoms. The Labute approximate surface area is 116 Å². The molecular formula is C13H17N3O4. The quantitative estimate of drug-likeness (QED) is 0.615. The van der Waals surface area contributed by atoms with E-state index in [9.17, 15) is 14.9 Å². The largest absolute Gasteiger partial charge is 0.484 e. The predicted molar refractivity (Wildman–Crippen MR) is 72.6 cm³/mol. The highest BCUT2D eigenvalue weighted by atomic mass is 16.6. The Bertz CT molecular complexity index is 469. The van der Waals surface area contributed by atoms with Crippen molar-refractivity contribution >= 4 is 11.6 Å². The van der Waals surface area contributed by atoms with Crippen molar-refractivity contribution in [1.82, 2.24) is 10.6 Å². The van der Waals surface area contributed by atoms with Gasteiger partial charge in [-0.3, -0.25) is 14.9 Å². The Morgan fingerprint density at radius 3 is 2.80 bits per heavy atom. The zero-order chi connectivity index (χ0) is 14.4. The average Bonchev–Trinajstić information content (AvgIpc) is 2.46. The summed E-state index contributed by atoms with van der Waals surface area (Å²) in [7, 11) is 0. The first-order valence-electron chi connectivity index (χ1n) is 6.52. The van der Waals surface area contributed by atoms with E-state index in [4.69, 9.17) is 4.74 Å². The van der Waals surface area contributed by atoms with Crippen molar-refractivity contribution in [3.8, 4) is 5.75 Å². The third kappa shape index (κ3) is 4.20. The van der Waals surface area contributed by atoms with Gasteiger partial charge in [-0.15, -0.1) is 0 Å². The molecule has 7 nitrogen and oxygen atoms in total. The van der Waals surface area contributed by atoms with Crippen molar-refractivity contribution in [2.75, 3.05) is 19.7 Å². The van der Waals surface area contributed by atoms with Gasteiger partial charge in [0, 0.05) is 24.7 Å². The molecule has 1 amide bonds. The van der Waals surface area contributed by atoms with Crippen LogP contribution in [0.4, 0.5) is 5.69 Å². The number of rotatable bonds is 5. The van der Waals surface area contributed by atoms with Crippen LogP contribution in [0.5, 0.6) is 5.75 Å². The van der Waals surface area contributed by atoms with E-state index in [-0.39, 0.29) is 24.2 Å². The van der Waals surface area contributed by atoms with E-state index in [1.807, 2.05) is 0 Å². The molecule has 0 aromatic heterocycles. The van der Waals surface area contributed by atoms with Crippen molar-refractivity contribution in [2.24, 2.45) is 0 Å². The van der Waals surface area contributed by atoms with Gasteiger partial charge < -0.3 is 15.4 Å². The van der Waals surface area contributed by atoms with Crippen LogP contribution >= 0.6 is 0 Å². The first-order chi connectivity index (χ1) is 9.65. The van der Waals surface area contributed by atoms with Gasteiger partial charge >= 0.3 is 0 Å². The fourth-order valence-electron chi connectivity index (χ4n) is 2.06. The molecule has 0 bridgehead atoms.